The van der Waals surface area contributed by atoms with E-state index in [-0.39, 0.29) is 41.4 Å². The molecule has 7 heteroatoms. The highest BCUT2D eigenvalue weighted by molar-refractivity contribution is 5.77. The summed E-state index contributed by atoms with van der Waals surface area (Å²) in [6, 6.07) is 0. The lowest BCUT2D eigenvalue weighted by Gasteiger charge is -2.61. The number of esters is 1. The fourth-order valence-electron chi connectivity index (χ4n) is 7.70. The number of carbonyl (C=O) groups excluding carboxylic acids is 1. The summed E-state index contributed by atoms with van der Waals surface area (Å²) in [5, 5.41) is 0. The molecule has 0 aromatic carbocycles. The fourth-order valence-corrected chi connectivity index (χ4v) is 7.70. The molecule has 0 N–H and O–H groups in total. The van der Waals surface area contributed by atoms with E-state index in [9.17, 15) is 4.79 Å². The second-order valence-corrected chi connectivity index (χ2v) is 11.4. The molecule has 33 heavy (non-hydrogen) atoms. The van der Waals surface area contributed by atoms with Gasteiger partial charge in [0.2, 0.25) is 0 Å². The first-order valence-corrected chi connectivity index (χ1v) is 12.4. The third-order valence-electron chi connectivity index (χ3n) is 9.11. The summed E-state index contributed by atoms with van der Waals surface area (Å²) < 4.78 is 35.0. The van der Waals surface area contributed by atoms with Crippen molar-refractivity contribution in [2.75, 3.05) is 27.9 Å². The van der Waals surface area contributed by atoms with Gasteiger partial charge in [-0.25, -0.2) is 0 Å². The molecule has 4 rings (SSSR count). The molecule has 7 nitrogen and oxygen atoms in total. The van der Waals surface area contributed by atoms with E-state index in [1.54, 1.807) is 14.2 Å². The Bertz CT molecular complexity index is 779. The first-order chi connectivity index (χ1) is 15.5. The first kappa shape index (κ1) is 25.1. The van der Waals surface area contributed by atoms with E-state index in [4.69, 9.17) is 28.4 Å². The molecule has 2 saturated carbocycles. The quantitative estimate of drug-likeness (QED) is 0.419. The lowest BCUT2D eigenvalue weighted by Crippen LogP contribution is -2.61. The molecule has 7 atom stereocenters. The first-order valence-electron chi connectivity index (χ1n) is 12.4. The van der Waals surface area contributed by atoms with Crippen LogP contribution >= 0.6 is 0 Å². The van der Waals surface area contributed by atoms with Gasteiger partial charge in [0.15, 0.2) is 18.4 Å². The third kappa shape index (κ3) is 4.18. The second kappa shape index (κ2) is 8.90. The normalized spacial score (nSPS) is 44.5. The smallest absolute Gasteiger partial charge is 0.311 e. The summed E-state index contributed by atoms with van der Waals surface area (Å²) >= 11 is 0. The number of hydrogen-bond acceptors (Lipinski definition) is 7. The number of hydrogen-bond donors (Lipinski definition) is 0. The Morgan fingerprint density at radius 3 is 2.45 bits per heavy atom. The maximum absolute atomic E-state index is 13.0. The second-order valence-electron chi connectivity index (χ2n) is 11.4. The molecule has 2 aliphatic heterocycles. The molecule has 1 spiro atoms. The molecule has 0 amide bonds. The van der Waals surface area contributed by atoms with Crippen molar-refractivity contribution in [2.45, 2.75) is 96.6 Å². The van der Waals surface area contributed by atoms with Crippen molar-refractivity contribution in [3.63, 3.8) is 0 Å². The summed E-state index contributed by atoms with van der Waals surface area (Å²) in [6.45, 7) is 9.09. The van der Waals surface area contributed by atoms with Crippen LogP contribution in [0, 0.1) is 22.7 Å². The number of fused-ring (bicyclic) bond motifs is 1. The van der Waals surface area contributed by atoms with Crippen LogP contribution in [0.1, 0.15) is 72.6 Å². The van der Waals surface area contributed by atoms with Crippen LogP contribution in [0.15, 0.2) is 11.6 Å². The molecule has 2 heterocycles. The van der Waals surface area contributed by atoms with Crippen LogP contribution in [0.2, 0.25) is 0 Å². The number of ether oxygens (including phenoxy) is 6. The Morgan fingerprint density at radius 1 is 1.09 bits per heavy atom. The van der Waals surface area contributed by atoms with E-state index in [0.717, 1.165) is 50.5 Å². The predicted molar refractivity (Wildman–Crippen MR) is 122 cm³/mol. The summed E-state index contributed by atoms with van der Waals surface area (Å²) in [7, 11) is 4.82. The van der Waals surface area contributed by atoms with Crippen molar-refractivity contribution in [1.29, 1.82) is 0 Å². The van der Waals surface area contributed by atoms with Gasteiger partial charge in [-0.2, -0.15) is 0 Å². The summed E-state index contributed by atoms with van der Waals surface area (Å²) in [5.41, 5.74) is 0.219. The maximum Gasteiger partial charge on any atom is 0.311 e. The third-order valence-corrected chi connectivity index (χ3v) is 9.11. The fraction of sp³-hybridized carbons (Fsp3) is 0.885. The Balaban J connectivity index is 1.67. The minimum absolute atomic E-state index is 0.0630. The van der Waals surface area contributed by atoms with E-state index in [0.29, 0.717) is 6.61 Å². The van der Waals surface area contributed by atoms with Crippen LogP contribution in [0.5, 0.6) is 0 Å². The van der Waals surface area contributed by atoms with Gasteiger partial charge in [0.05, 0.1) is 24.7 Å². The molecule has 2 unspecified atom stereocenters. The van der Waals surface area contributed by atoms with Gasteiger partial charge in [-0.3, -0.25) is 4.79 Å². The van der Waals surface area contributed by atoms with Crippen molar-refractivity contribution in [3.05, 3.63) is 11.6 Å². The van der Waals surface area contributed by atoms with E-state index < -0.39 is 11.2 Å². The van der Waals surface area contributed by atoms with Crippen molar-refractivity contribution in [2.24, 2.45) is 22.7 Å². The van der Waals surface area contributed by atoms with Gasteiger partial charge >= 0.3 is 5.97 Å². The Hall–Kier alpha value is -0.990. The largest absolute Gasteiger partial charge is 0.469 e. The molecular formula is C26H42O7. The molecule has 1 saturated heterocycles. The van der Waals surface area contributed by atoms with Crippen LogP contribution in [0.4, 0.5) is 0 Å². The van der Waals surface area contributed by atoms with Crippen LogP contribution in [0.3, 0.4) is 0 Å². The van der Waals surface area contributed by atoms with E-state index in [1.165, 1.54) is 7.11 Å². The highest BCUT2D eigenvalue weighted by Gasteiger charge is 2.65. The maximum atomic E-state index is 13.0. The molecule has 2 aliphatic carbocycles. The topological polar surface area (TPSA) is 72.5 Å². The lowest BCUT2D eigenvalue weighted by molar-refractivity contribution is -0.226. The molecule has 0 aromatic heterocycles. The zero-order chi connectivity index (χ0) is 24.1. The van der Waals surface area contributed by atoms with Crippen molar-refractivity contribution < 1.29 is 33.2 Å². The molecule has 0 aromatic rings. The monoisotopic (exact) mass is 466 g/mol. The SMILES string of the molecule is COC(=O)[C@@]1(C)CCC[C@]2(C)[C@H]1CC[C@]1(COC(C)(C)O1)[C@@H]2CCC1=CC(OC)OC1OC. The van der Waals surface area contributed by atoms with Crippen LogP contribution < -0.4 is 0 Å². The minimum atomic E-state index is -0.603. The zero-order valence-electron chi connectivity index (χ0n) is 21.4. The van der Waals surface area contributed by atoms with Crippen LogP contribution in [-0.4, -0.2) is 57.9 Å². The van der Waals surface area contributed by atoms with E-state index in [1.807, 2.05) is 19.9 Å². The molecule has 4 aliphatic rings. The van der Waals surface area contributed by atoms with Crippen molar-refractivity contribution >= 4 is 5.97 Å². The van der Waals surface area contributed by atoms with Gasteiger partial charge in [-0.15, -0.1) is 0 Å². The van der Waals surface area contributed by atoms with Gasteiger partial charge in [0, 0.05) is 14.2 Å². The lowest BCUT2D eigenvalue weighted by atomic mass is 9.44. The molecule has 3 fully saturated rings. The zero-order valence-corrected chi connectivity index (χ0v) is 21.4. The van der Waals surface area contributed by atoms with Gasteiger partial charge in [0.25, 0.3) is 0 Å². The highest BCUT2D eigenvalue weighted by Crippen LogP contribution is 2.65. The average molecular weight is 467 g/mol. The highest BCUT2D eigenvalue weighted by atomic mass is 16.8. The average Bonchev–Trinajstić information content (AvgIpc) is 3.32. The Morgan fingerprint density at radius 2 is 1.85 bits per heavy atom. The Kier molecular flexibility index (Phi) is 6.77. The van der Waals surface area contributed by atoms with Crippen LogP contribution in [0.25, 0.3) is 0 Å². The van der Waals surface area contributed by atoms with Gasteiger partial charge in [-0.05, 0) is 88.2 Å². The standard InChI is InChI=1S/C26H42O7/c1-23(2)31-16-26(33-23)14-11-18-24(3,12-8-13-25(18,4)22(27)30-7)19(26)10-9-17-15-20(28-5)32-21(17)29-6/h15,18-21H,8-14,16H2,1-7H3/t18-,19-,20?,21?,24-,25+,26+/m1/s1. The molecule has 188 valence electrons. The Labute approximate surface area is 198 Å². The van der Waals surface area contributed by atoms with E-state index >= 15 is 0 Å². The number of rotatable bonds is 6. The van der Waals surface area contributed by atoms with E-state index in [2.05, 4.69) is 13.8 Å². The van der Waals surface area contributed by atoms with Gasteiger partial charge in [-0.1, -0.05) is 13.3 Å². The predicted octanol–water partition coefficient (Wildman–Crippen LogP) is 4.59. The van der Waals surface area contributed by atoms with Gasteiger partial charge < -0.3 is 28.4 Å². The summed E-state index contributed by atoms with van der Waals surface area (Å²) in [5.74, 6) is -0.206. The molecule has 0 radical (unpaired) electrons. The van der Waals surface area contributed by atoms with Gasteiger partial charge in [0.1, 0.15) is 0 Å². The number of methoxy groups -OCH3 is 3. The minimum Gasteiger partial charge on any atom is -0.469 e. The number of carbonyl (C=O) groups is 1. The summed E-state index contributed by atoms with van der Waals surface area (Å²) in [6.07, 6.45) is 7.78. The van der Waals surface area contributed by atoms with Crippen molar-refractivity contribution in [3.8, 4) is 0 Å². The molecular weight excluding hydrogens is 424 g/mol. The van der Waals surface area contributed by atoms with Crippen LogP contribution in [-0.2, 0) is 33.2 Å². The summed E-state index contributed by atoms with van der Waals surface area (Å²) in [4.78, 5) is 13.0. The van der Waals surface area contributed by atoms with Crippen molar-refractivity contribution in [1.82, 2.24) is 0 Å². The molecule has 0 bridgehead atoms.